The van der Waals surface area contributed by atoms with Gasteiger partial charge in [0.25, 0.3) is 5.91 Å². The van der Waals surface area contributed by atoms with Crippen LogP contribution in [0.25, 0.3) is 11.3 Å². The number of fused-ring (bicyclic) bond motifs is 1. The average molecular weight is 331 g/mol. The van der Waals surface area contributed by atoms with Crippen LogP contribution in [0.15, 0.2) is 67.1 Å². The van der Waals surface area contributed by atoms with Crippen LogP contribution in [0.4, 0.5) is 5.69 Å². The molecule has 0 saturated carbocycles. The number of carbonyl (C=O) groups excluding carboxylic acids is 1. The number of anilines is 1. The number of aliphatic hydroxyl groups is 1. The minimum Gasteiger partial charge on any atom is -0.391 e. The fourth-order valence-electron chi connectivity index (χ4n) is 3.15. The van der Waals surface area contributed by atoms with Crippen molar-refractivity contribution in [3.63, 3.8) is 0 Å². The number of nitrogens with zero attached hydrogens (tertiary/aromatic N) is 3. The van der Waals surface area contributed by atoms with Crippen molar-refractivity contribution < 1.29 is 9.90 Å². The number of β-amino-alcohol motifs (C(OH)–C–C–N with tert-alkyl or cyclic N) is 1. The molecule has 1 amide bonds. The maximum absolute atomic E-state index is 13.0. The van der Waals surface area contributed by atoms with Crippen molar-refractivity contribution in [2.45, 2.75) is 12.5 Å². The van der Waals surface area contributed by atoms with E-state index in [0.29, 0.717) is 12.0 Å². The van der Waals surface area contributed by atoms with E-state index in [-0.39, 0.29) is 12.5 Å². The second-order valence-corrected chi connectivity index (χ2v) is 6.08. The highest BCUT2D eigenvalue weighted by Gasteiger charge is 2.28. The molecule has 25 heavy (non-hydrogen) atoms. The summed E-state index contributed by atoms with van der Waals surface area (Å²) in [6, 6.07) is 15.1. The Kier molecular flexibility index (Phi) is 3.99. The largest absolute Gasteiger partial charge is 0.391 e. The molecule has 0 bridgehead atoms. The van der Waals surface area contributed by atoms with E-state index in [4.69, 9.17) is 0 Å². The summed E-state index contributed by atoms with van der Waals surface area (Å²) in [5.74, 6) is -0.170. The number of carbonyl (C=O) groups is 1. The molecule has 4 rings (SSSR count). The highest BCUT2D eigenvalue weighted by molar-refractivity contribution is 6.07. The molecule has 1 unspecified atom stereocenters. The maximum atomic E-state index is 13.0. The smallest absolute Gasteiger partial charge is 0.259 e. The van der Waals surface area contributed by atoms with Gasteiger partial charge in [0.15, 0.2) is 0 Å². The quantitative estimate of drug-likeness (QED) is 0.784. The second kappa shape index (κ2) is 6.45. The van der Waals surface area contributed by atoms with Crippen LogP contribution < -0.4 is 4.90 Å². The predicted octanol–water partition coefficient (Wildman–Crippen LogP) is 2.71. The van der Waals surface area contributed by atoms with Crippen LogP contribution in [0.5, 0.6) is 0 Å². The first-order valence-corrected chi connectivity index (χ1v) is 8.16. The lowest BCUT2D eigenvalue weighted by Gasteiger charge is -2.32. The van der Waals surface area contributed by atoms with Crippen LogP contribution in [0.3, 0.4) is 0 Å². The molecular weight excluding hydrogens is 314 g/mol. The van der Waals surface area contributed by atoms with Gasteiger partial charge < -0.3 is 10.0 Å². The van der Waals surface area contributed by atoms with E-state index in [9.17, 15) is 9.90 Å². The van der Waals surface area contributed by atoms with E-state index < -0.39 is 6.10 Å². The van der Waals surface area contributed by atoms with Crippen molar-refractivity contribution in [1.82, 2.24) is 9.97 Å². The van der Waals surface area contributed by atoms with E-state index in [0.717, 1.165) is 22.5 Å². The van der Waals surface area contributed by atoms with Gasteiger partial charge in [-0.2, -0.15) is 0 Å². The molecule has 3 heterocycles. The third-order valence-electron chi connectivity index (χ3n) is 4.32. The molecule has 1 aliphatic heterocycles. The standard InChI is InChI=1S/C20H17N3O2/c24-17-10-14-5-1-2-7-19(14)23(13-17)20(25)16-9-15(11-21-12-16)18-6-3-4-8-22-18/h1-9,11-12,17,24H,10,13H2. The second-order valence-electron chi connectivity index (χ2n) is 6.08. The first-order chi connectivity index (χ1) is 12.2. The van der Waals surface area contributed by atoms with Gasteiger partial charge in [-0.3, -0.25) is 14.8 Å². The van der Waals surface area contributed by atoms with Gasteiger partial charge in [0.1, 0.15) is 0 Å². The maximum Gasteiger partial charge on any atom is 0.259 e. The van der Waals surface area contributed by atoms with Crippen LogP contribution in [0, 0.1) is 0 Å². The van der Waals surface area contributed by atoms with Crippen LogP contribution in [-0.4, -0.2) is 33.6 Å². The van der Waals surface area contributed by atoms with Crippen molar-refractivity contribution in [3.8, 4) is 11.3 Å². The summed E-state index contributed by atoms with van der Waals surface area (Å²) < 4.78 is 0. The van der Waals surface area contributed by atoms with E-state index in [1.165, 1.54) is 0 Å². The lowest BCUT2D eigenvalue weighted by atomic mass is 9.99. The average Bonchev–Trinajstić information content (AvgIpc) is 2.67. The summed E-state index contributed by atoms with van der Waals surface area (Å²) in [6.07, 6.45) is 4.95. The molecule has 1 aromatic carbocycles. The number of para-hydroxylation sites is 1. The minimum atomic E-state index is -0.564. The molecule has 0 aliphatic carbocycles. The first-order valence-electron chi connectivity index (χ1n) is 8.16. The number of amides is 1. The molecule has 0 spiro atoms. The number of aromatic nitrogens is 2. The van der Waals surface area contributed by atoms with Crippen molar-refractivity contribution >= 4 is 11.6 Å². The van der Waals surface area contributed by atoms with Gasteiger partial charge in [-0.1, -0.05) is 24.3 Å². The predicted molar refractivity (Wildman–Crippen MR) is 95.3 cm³/mol. The van der Waals surface area contributed by atoms with E-state index in [2.05, 4.69) is 9.97 Å². The Hall–Kier alpha value is -3.05. The fourth-order valence-corrected chi connectivity index (χ4v) is 3.15. The Morgan fingerprint density at radius 1 is 1.12 bits per heavy atom. The Morgan fingerprint density at radius 3 is 2.80 bits per heavy atom. The zero-order valence-electron chi connectivity index (χ0n) is 13.5. The lowest BCUT2D eigenvalue weighted by Crippen LogP contribution is -2.42. The molecule has 0 radical (unpaired) electrons. The van der Waals surface area contributed by atoms with Gasteiger partial charge in [0.2, 0.25) is 0 Å². The van der Waals surface area contributed by atoms with Crippen LogP contribution in [-0.2, 0) is 6.42 Å². The minimum absolute atomic E-state index is 0.170. The molecule has 124 valence electrons. The number of pyridine rings is 2. The van der Waals surface area contributed by atoms with E-state index in [1.807, 2.05) is 42.5 Å². The zero-order valence-corrected chi connectivity index (χ0v) is 13.5. The molecule has 5 heteroatoms. The Balaban J connectivity index is 1.70. The van der Waals surface area contributed by atoms with Gasteiger partial charge >= 0.3 is 0 Å². The topological polar surface area (TPSA) is 66.3 Å². The number of aliphatic hydroxyl groups excluding tert-OH is 1. The number of rotatable bonds is 2. The Labute approximate surface area is 145 Å². The van der Waals surface area contributed by atoms with Crippen LogP contribution >= 0.6 is 0 Å². The first kappa shape index (κ1) is 15.5. The van der Waals surface area contributed by atoms with Crippen molar-refractivity contribution in [2.75, 3.05) is 11.4 Å². The van der Waals surface area contributed by atoms with Gasteiger partial charge in [0.05, 0.1) is 23.9 Å². The molecule has 1 aliphatic rings. The zero-order chi connectivity index (χ0) is 17.2. The lowest BCUT2D eigenvalue weighted by molar-refractivity contribution is 0.0954. The summed E-state index contributed by atoms with van der Waals surface area (Å²) in [7, 11) is 0. The molecule has 2 aromatic heterocycles. The van der Waals surface area contributed by atoms with Crippen molar-refractivity contribution in [3.05, 3.63) is 78.2 Å². The number of benzene rings is 1. The number of hydrogen-bond acceptors (Lipinski definition) is 4. The van der Waals surface area contributed by atoms with E-state index in [1.54, 1.807) is 29.6 Å². The van der Waals surface area contributed by atoms with Crippen LogP contribution in [0.1, 0.15) is 15.9 Å². The molecule has 0 saturated heterocycles. The third-order valence-corrected chi connectivity index (χ3v) is 4.32. The van der Waals surface area contributed by atoms with Gasteiger partial charge in [-0.25, -0.2) is 0 Å². The monoisotopic (exact) mass is 331 g/mol. The molecule has 0 fully saturated rings. The summed E-state index contributed by atoms with van der Waals surface area (Å²) in [5, 5.41) is 10.1. The third kappa shape index (κ3) is 3.02. The van der Waals surface area contributed by atoms with Crippen molar-refractivity contribution in [1.29, 1.82) is 0 Å². The SMILES string of the molecule is O=C(c1cncc(-c2ccccn2)c1)N1CC(O)Cc2ccccc21. The highest BCUT2D eigenvalue weighted by Crippen LogP contribution is 2.28. The normalized spacial score (nSPS) is 16.4. The van der Waals surface area contributed by atoms with Crippen molar-refractivity contribution in [2.24, 2.45) is 0 Å². The summed E-state index contributed by atoms with van der Waals surface area (Å²) in [4.78, 5) is 23.2. The van der Waals surface area contributed by atoms with Crippen LogP contribution in [0.2, 0.25) is 0 Å². The summed E-state index contributed by atoms with van der Waals surface area (Å²) in [6.45, 7) is 0.281. The Morgan fingerprint density at radius 2 is 1.96 bits per heavy atom. The Bertz CT molecular complexity index is 912. The summed E-state index contributed by atoms with van der Waals surface area (Å²) in [5.41, 5.74) is 3.86. The number of hydrogen-bond donors (Lipinski definition) is 1. The van der Waals surface area contributed by atoms with Gasteiger partial charge in [-0.15, -0.1) is 0 Å². The summed E-state index contributed by atoms with van der Waals surface area (Å²) >= 11 is 0. The van der Waals surface area contributed by atoms with E-state index >= 15 is 0 Å². The molecular formula is C20H17N3O2. The molecule has 1 N–H and O–H groups in total. The fraction of sp³-hybridized carbons (Fsp3) is 0.150. The highest BCUT2D eigenvalue weighted by atomic mass is 16.3. The van der Waals surface area contributed by atoms with Gasteiger partial charge in [-0.05, 0) is 29.8 Å². The molecule has 5 nitrogen and oxygen atoms in total. The molecule has 3 aromatic rings. The molecule has 1 atom stereocenters. The van der Waals surface area contributed by atoms with Gasteiger partial charge in [0, 0.05) is 36.3 Å².